The Morgan fingerprint density at radius 1 is 1.27 bits per heavy atom. The lowest BCUT2D eigenvalue weighted by Gasteiger charge is -2.28. The molecule has 0 bridgehead atoms. The van der Waals surface area contributed by atoms with Gasteiger partial charge in [0.25, 0.3) is 0 Å². The number of thiol groups is 1. The average Bonchev–Trinajstić information content (AvgIpc) is 2.27. The van der Waals surface area contributed by atoms with Crippen LogP contribution in [0, 0.1) is 5.92 Å². The van der Waals surface area contributed by atoms with E-state index in [-0.39, 0.29) is 6.17 Å². The predicted molar refractivity (Wildman–Crippen MR) is 49.6 cm³/mol. The first kappa shape index (κ1) is 7.90. The molecule has 3 heteroatoms. The van der Waals surface area contributed by atoms with Gasteiger partial charge in [-0.1, -0.05) is 0 Å². The minimum absolute atomic E-state index is 0.253. The molecule has 64 valence electrons. The monoisotopic (exact) mass is 172 g/mol. The molecule has 0 radical (unpaired) electrons. The molecule has 1 aliphatic carbocycles. The maximum atomic E-state index is 5.80. The lowest BCUT2D eigenvalue weighted by molar-refractivity contribution is 0.333. The largest absolute Gasteiger partial charge is 0.316 e. The summed E-state index contributed by atoms with van der Waals surface area (Å²) in [7, 11) is 0. The smallest absolute Gasteiger partial charge is 0.0551 e. The minimum Gasteiger partial charge on any atom is -0.316 e. The van der Waals surface area contributed by atoms with E-state index in [0.29, 0.717) is 11.3 Å². The van der Waals surface area contributed by atoms with Gasteiger partial charge in [-0.25, -0.2) is 0 Å². The summed E-state index contributed by atoms with van der Waals surface area (Å²) in [6.07, 6.45) is 5.19. The van der Waals surface area contributed by atoms with Crippen molar-refractivity contribution in [1.29, 1.82) is 0 Å². The Kier molecular flexibility index (Phi) is 2.12. The van der Waals surface area contributed by atoms with Crippen molar-refractivity contribution >= 4 is 12.6 Å². The van der Waals surface area contributed by atoms with Gasteiger partial charge in [-0.15, -0.1) is 0 Å². The summed E-state index contributed by atoms with van der Waals surface area (Å²) in [6.45, 7) is 0. The van der Waals surface area contributed by atoms with Crippen molar-refractivity contribution in [3.05, 3.63) is 0 Å². The van der Waals surface area contributed by atoms with Crippen molar-refractivity contribution in [2.75, 3.05) is 0 Å². The molecule has 1 saturated carbocycles. The van der Waals surface area contributed by atoms with E-state index in [0.717, 1.165) is 12.3 Å². The number of nitrogens with one attached hydrogen (secondary N) is 1. The van der Waals surface area contributed by atoms with Gasteiger partial charge < -0.3 is 5.73 Å². The molecule has 4 unspecified atom stereocenters. The summed E-state index contributed by atoms with van der Waals surface area (Å²) in [5.41, 5.74) is 5.80. The summed E-state index contributed by atoms with van der Waals surface area (Å²) in [5.74, 6) is 0.807. The van der Waals surface area contributed by atoms with E-state index >= 15 is 0 Å². The molecule has 0 aromatic heterocycles. The van der Waals surface area contributed by atoms with Gasteiger partial charge in [-0.2, -0.15) is 12.6 Å². The summed E-state index contributed by atoms with van der Waals surface area (Å²) in [4.78, 5) is 0. The first-order valence-corrected chi connectivity index (χ1v) is 4.97. The second-order valence-corrected chi connectivity index (χ2v) is 4.57. The van der Waals surface area contributed by atoms with Crippen LogP contribution in [0.5, 0.6) is 0 Å². The van der Waals surface area contributed by atoms with Crippen LogP contribution in [0.1, 0.15) is 25.7 Å². The highest BCUT2D eigenvalue weighted by atomic mass is 32.1. The zero-order chi connectivity index (χ0) is 7.84. The van der Waals surface area contributed by atoms with Gasteiger partial charge in [0.05, 0.1) is 6.17 Å². The topological polar surface area (TPSA) is 38.0 Å². The van der Waals surface area contributed by atoms with Gasteiger partial charge in [0.2, 0.25) is 0 Å². The third-order valence-electron chi connectivity index (χ3n) is 2.94. The Labute approximate surface area is 73.3 Å². The maximum absolute atomic E-state index is 5.80. The zero-order valence-corrected chi connectivity index (χ0v) is 7.56. The Bertz CT molecular complexity index is 151. The molecule has 0 aromatic carbocycles. The van der Waals surface area contributed by atoms with E-state index < -0.39 is 0 Å². The molecule has 1 aliphatic heterocycles. The van der Waals surface area contributed by atoms with E-state index in [1.165, 1.54) is 19.3 Å². The standard InChI is InChI=1S/C8H16N2S/c9-8-4-5-3-6(11)1-2-7(5)10-8/h5-8,10-11H,1-4,9H2. The minimum atomic E-state index is 0.253. The Morgan fingerprint density at radius 3 is 2.91 bits per heavy atom. The van der Waals surface area contributed by atoms with Gasteiger partial charge >= 0.3 is 0 Å². The third-order valence-corrected chi connectivity index (χ3v) is 3.41. The summed E-state index contributed by atoms with van der Waals surface area (Å²) >= 11 is 4.50. The normalized spacial score (nSPS) is 50.7. The molecule has 2 fully saturated rings. The summed E-state index contributed by atoms with van der Waals surface area (Å²) in [6, 6.07) is 0.702. The molecular formula is C8H16N2S. The van der Waals surface area contributed by atoms with Crippen molar-refractivity contribution in [2.24, 2.45) is 11.7 Å². The van der Waals surface area contributed by atoms with Crippen molar-refractivity contribution in [2.45, 2.75) is 43.1 Å². The molecular weight excluding hydrogens is 156 g/mol. The fourth-order valence-electron chi connectivity index (χ4n) is 2.39. The van der Waals surface area contributed by atoms with E-state index in [1.54, 1.807) is 0 Å². The molecule has 4 atom stereocenters. The van der Waals surface area contributed by atoms with E-state index in [4.69, 9.17) is 5.73 Å². The zero-order valence-electron chi connectivity index (χ0n) is 6.66. The third kappa shape index (κ3) is 1.55. The van der Waals surface area contributed by atoms with Crippen molar-refractivity contribution in [3.63, 3.8) is 0 Å². The molecule has 0 amide bonds. The highest BCUT2D eigenvalue weighted by Crippen LogP contribution is 2.34. The SMILES string of the molecule is NC1CC2CC(S)CCC2N1. The van der Waals surface area contributed by atoms with Gasteiger partial charge in [-0.05, 0) is 31.6 Å². The molecule has 1 heterocycles. The highest BCUT2D eigenvalue weighted by Gasteiger charge is 2.35. The lowest BCUT2D eigenvalue weighted by atomic mass is 9.85. The Hall–Kier alpha value is 0.270. The van der Waals surface area contributed by atoms with Crippen molar-refractivity contribution < 1.29 is 0 Å². The van der Waals surface area contributed by atoms with Crippen LogP contribution in [0.25, 0.3) is 0 Å². The maximum Gasteiger partial charge on any atom is 0.0551 e. The molecule has 2 aliphatic rings. The average molecular weight is 172 g/mol. The number of hydrogen-bond donors (Lipinski definition) is 3. The van der Waals surface area contributed by atoms with Crippen LogP contribution in [-0.4, -0.2) is 17.5 Å². The molecule has 2 nitrogen and oxygen atoms in total. The van der Waals surface area contributed by atoms with E-state index in [2.05, 4.69) is 17.9 Å². The number of nitrogens with two attached hydrogens (primary N) is 1. The van der Waals surface area contributed by atoms with Gasteiger partial charge in [0.15, 0.2) is 0 Å². The number of hydrogen-bond acceptors (Lipinski definition) is 3. The Morgan fingerprint density at radius 2 is 2.09 bits per heavy atom. The van der Waals surface area contributed by atoms with Crippen LogP contribution >= 0.6 is 12.6 Å². The molecule has 2 rings (SSSR count). The second kappa shape index (κ2) is 2.96. The van der Waals surface area contributed by atoms with Crippen molar-refractivity contribution in [3.8, 4) is 0 Å². The summed E-state index contributed by atoms with van der Waals surface area (Å²) < 4.78 is 0. The fraction of sp³-hybridized carbons (Fsp3) is 1.00. The molecule has 11 heavy (non-hydrogen) atoms. The van der Waals surface area contributed by atoms with Crippen LogP contribution in [0.4, 0.5) is 0 Å². The predicted octanol–water partition coefficient (Wildman–Crippen LogP) is 0.732. The molecule has 0 aromatic rings. The highest BCUT2D eigenvalue weighted by molar-refractivity contribution is 7.80. The fourth-order valence-corrected chi connectivity index (χ4v) is 2.81. The molecule has 0 spiro atoms. The van der Waals surface area contributed by atoms with Gasteiger partial charge in [0.1, 0.15) is 0 Å². The van der Waals surface area contributed by atoms with Crippen molar-refractivity contribution in [1.82, 2.24) is 5.32 Å². The lowest BCUT2D eigenvalue weighted by Crippen LogP contribution is -2.38. The van der Waals surface area contributed by atoms with Crippen LogP contribution in [-0.2, 0) is 0 Å². The first-order valence-electron chi connectivity index (χ1n) is 4.45. The second-order valence-electron chi connectivity index (χ2n) is 3.84. The van der Waals surface area contributed by atoms with Crippen LogP contribution in [0.3, 0.4) is 0 Å². The number of fused-ring (bicyclic) bond motifs is 1. The summed E-state index contributed by atoms with van der Waals surface area (Å²) in [5, 5.41) is 4.05. The van der Waals surface area contributed by atoms with Gasteiger partial charge in [0, 0.05) is 11.3 Å². The van der Waals surface area contributed by atoms with Crippen LogP contribution in [0.15, 0.2) is 0 Å². The molecule has 1 saturated heterocycles. The van der Waals surface area contributed by atoms with Gasteiger partial charge in [-0.3, -0.25) is 5.32 Å². The van der Waals surface area contributed by atoms with E-state index in [9.17, 15) is 0 Å². The molecule has 3 N–H and O–H groups in total. The van der Waals surface area contributed by atoms with E-state index in [1.807, 2.05) is 0 Å². The quantitative estimate of drug-likeness (QED) is 0.471. The van der Waals surface area contributed by atoms with Crippen LogP contribution in [0.2, 0.25) is 0 Å². The first-order chi connectivity index (χ1) is 5.25. The Balaban J connectivity index is 1.97. The van der Waals surface area contributed by atoms with Crippen LogP contribution < -0.4 is 11.1 Å². The number of rotatable bonds is 0.